The van der Waals surface area contributed by atoms with E-state index in [9.17, 15) is 0 Å². The number of pyridine rings is 2. The fourth-order valence-corrected chi connectivity index (χ4v) is 3.99. The standard InChI is InChI=1S/C24H20ClN5/c25-21-4-2-1-3-20(21)23-6-5-17(13-27-23)15-30-12-9-22-19(16-30)14-28-24(29-22)18-7-10-26-11-8-18/h1-8,10-11,13-14H,9,12,15-16H2. The second kappa shape index (κ2) is 8.30. The molecule has 0 amide bonds. The van der Waals surface area contributed by atoms with Gasteiger partial charge >= 0.3 is 0 Å². The van der Waals surface area contributed by atoms with Crippen LogP contribution in [-0.2, 0) is 19.5 Å². The largest absolute Gasteiger partial charge is 0.294 e. The van der Waals surface area contributed by atoms with Gasteiger partial charge in [-0.3, -0.25) is 14.9 Å². The maximum atomic E-state index is 6.29. The molecule has 0 radical (unpaired) electrons. The first-order valence-corrected chi connectivity index (χ1v) is 10.3. The third-order valence-corrected chi connectivity index (χ3v) is 5.66. The lowest BCUT2D eigenvalue weighted by atomic mass is 10.1. The molecule has 1 aliphatic heterocycles. The van der Waals surface area contributed by atoms with Crippen molar-refractivity contribution in [3.05, 3.63) is 95.2 Å². The van der Waals surface area contributed by atoms with Crippen molar-refractivity contribution < 1.29 is 0 Å². The number of halogens is 1. The van der Waals surface area contributed by atoms with E-state index in [4.69, 9.17) is 16.6 Å². The highest BCUT2D eigenvalue weighted by atomic mass is 35.5. The van der Waals surface area contributed by atoms with E-state index in [2.05, 4.69) is 25.9 Å². The quantitative estimate of drug-likeness (QED) is 0.480. The minimum atomic E-state index is 0.719. The van der Waals surface area contributed by atoms with E-state index < -0.39 is 0 Å². The fraction of sp³-hybridized carbons (Fsp3) is 0.167. The Hall–Kier alpha value is -3.15. The maximum Gasteiger partial charge on any atom is 0.159 e. The lowest BCUT2D eigenvalue weighted by Crippen LogP contribution is -2.31. The predicted molar refractivity (Wildman–Crippen MR) is 118 cm³/mol. The number of aromatic nitrogens is 4. The molecule has 0 N–H and O–H groups in total. The molecule has 4 aromatic rings. The Morgan fingerprint density at radius 3 is 2.60 bits per heavy atom. The third-order valence-electron chi connectivity index (χ3n) is 5.33. The van der Waals surface area contributed by atoms with Gasteiger partial charge in [-0.1, -0.05) is 35.9 Å². The molecule has 0 aliphatic carbocycles. The second-order valence-corrected chi connectivity index (χ2v) is 7.80. The molecule has 1 aromatic carbocycles. The summed E-state index contributed by atoms with van der Waals surface area (Å²) in [6.07, 6.45) is 8.36. The van der Waals surface area contributed by atoms with E-state index in [0.29, 0.717) is 0 Å². The average molecular weight is 414 g/mol. The summed E-state index contributed by atoms with van der Waals surface area (Å²) in [7, 11) is 0. The summed E-state index contributed by atoms with van der Waals surface area (Å²) in [5, 5.41) is 0.719. The number of hydrogen-bond donors (Lipinski definition) is 0. The van der Waals surface area contributed by atoms with Gasteiger partial charge in [-0.15, -0.1) is 0 Å². The minimum absolute atomic E-state index is 0.719. The van der Waals surface area contributed by atoms with Crippen LogP contribution in [0.2, 0.25) is 5.02 Å². The van der Waals surface area contributed by atoms with E-state index in [1.807, 2.05) is 54.9 Å². The van der Waals surface area contributed by atoms with Crippen molar-refractivity contribution in [2.24, 2.45) is 0 Å². The van der Waals surface area contributed by atoms with Crippen molar-refractivity contribution in [1.29, 1.82) is 0 Å². The van der Waals surface area contributed by atoms with Crippen molar-refractivity contribution in [3.8, 4) is 22.6 Å². The van der Waals surface area contributed by atoms with Gasteiger partial charge in [0.15, 0.2) is 5.82 Å². The van der Waals surface area contributed by atoms with Crippen LogP contribution in [0.3, 0.4) is 0 Å². The first-order chi connectivity index (χ1) is 14.8. The second-order valence-electron chi connectivity index (χ2n) is 7.39. The van der Waals surface area contributed by atoms with Crippen LogP contribution in [0.25, 0.3) is 22.6 Å². The summed E-state index contributed by atoms with van der Waals surface area (Å²) in [5.74, 6) is 0.768. The molecule has 30 heavy (non-hydrogen) atoms. The highest BCUT2D eigenvalue weighted by Gasteiger charge is 2.19. The van der Waals surface area contributed by atoms with Crippen LogP contribution >= 0.6 is 11.6 Å². The summed E-state index contributed by atoms with van der Waals surface area (Å²) in [6.45, 7) is 2.66. The lowest BCUT2D eigenvalue weighted by Gasteiger charge is -2.28. The molecule has 0 bridgehead atoms. The van der Waals surface area contributed by atoms with E-state index in [1.54, 1.807) is 12.4 Å². The monoisotopic (exact) mass is 413 g/mol. The Balaban J connectivity index is 1.28. The van der Waals surface area contributed by atoms with Gasteiger partial charge in [-0.2, -0.15) is 0 Å². The maximum absolute atomic E-state index is 6.29. The number of rotatable bonds is 4. The van der Waals surface area contributed by atoms with E-state index in [1.165, 1.54) is 11.1 Å². The van der Waals surface area contributed by atoms with Gasteiger partial charge in [-0.25, -0.2) is 9.97 Å². The Morgan fingerprint density at radius 2 is 1.80 bits per heavy atom. The molecule has 0 saturated carbocycles. The molecule has 3 aromatic heterocycles. The molecule has 148 valence electrons. The van der Waals surface area contributed by atoms with Crippen LogP contribution in [0.5, 0.6) is 0 Å². The molecule has 4 heterocycles. The van der Waals surface area contributed by atoms with E-state index >= 15 is 0 Å². The first kappa shape index (κ1) is 18.9. The zero-order chi connectivity index (χ0) is 20.3. The average Bonchev–Trinajstić information content (AvgIpc) is 2.80. The lowest BCUT2D eigenvalue weighted by molar-refractivity contribution is 0.242. The molecule has 1 aliphatic rings. The SMILES string of the molecule is Clc1ccccc1-c1ccc(CN2CCc3nc(-c4ccncc4)ncc3C2)cn1. The first-order valence-electron chi connectivity index (χ1n) is 9.93. The van der Waals surface area contributed by atoms with Crippen molar-refractivity contribution in [2.45, 2.75) is 19.5 Å². The van der Waals surface area contributed by atoms with Gasteiger partial charge in [-0.05, 0) is 29.8 Å². The molecule has 5 rings (SSSR count). The molecule has 0 spiro atoms. The van der Waals surface area contributed by atoms with Crippen LogP contribution < -0.4 is 0 Å². The summed E-state index contributed by atoms with van der Waals surface area (Å²) in [4.78, 5) is 20.4. The fourth-order valence-electron chi connectivity index (χ4n) is 3.75. The Bertz CT molecular complexity index is 1160. The number of hydrogen-bond acceptors (Lipinski definition) is 5. The van der Waals surface area contributed by atoms with Gasteiger partial charge in [0.05, 0.1) is 11.4 Å². The zero-order valence-corrected chi connectivity index (χ0v) is 17.1. The number of fused-ring (bicyclic) bond motifs is 1. The van der Waals surface area contributed by atoms with Crippen molar-refractivity contribution in [1.82, 2.24) is 24.8 Å². The molecule has 0 saturated heterocycles. The van der Waals surface area contributed by atoms with Crippen LogP contribution in [-0.4, -0.2) is 31.4 Å². The number of nitrogens with zero attached hydrogens (tertiary/aromatic N) is 5. The summed E-state index contributed by atoms with van der Waals surface area (Å²) >= 11 is 6.29. The summed E-state index contributed by atoms with van der Waals surface area (Å²) < 4.78 is 0. The zero-order valence-electron chi connectivity index (χ0n) is 16.4. The Kier molecular flexibility index (Phi) is 5.22. The predicted octanol–water partition coefficient (Wildman–Crippen LogP) is 4.81. The summed E-state index contributed by atoms with van der Waals surface area (Å²) in [6, 6.07) is 15.8. The third kappa shape index (κ3) is 3.95. The summed E-state index contributed by atoms with van der Waals surface area (Å²) in [5.41, 5.74) is 6.37. The molecule has 0 unspecified atom stereocenters. The van der Waals surface area contributed by atoms with Gasteiger partial charge < -0.3 is 0 Å². The molecule has 0 atom stereocenters. The van der Waals surface area contributed by atoms with E-state index in [-0.39, 0.29) is 0 Å². The van der Waals surface area contributed by atoms with Gasteiger partial charge in [0.25, 0.3) is 0 Å². The Morgan fingerprint density at radius 1 is 0.933 bits per heavy atom. The Labute approximate surface area is 180 Å². The van der Waals surface area contributed by atoms with Crippen molar-refractivity contribution in [3.63, 3.8) is 0 Å². The molecule has 6 heteroatoms. The topological polar surface area (TPSA) is 54.8 Å². The minimum Gasteiger partial charge on any atom is -0.294 e. The highest BCUT2D eigenvalue weighted by molar-refractivity contribution is 6.33. The van der Waals surface area contributed by atoms with Crippen LogP contribution in [0.15, 0.2) is 73.3 Å². The normalized spacial score (nSPS) is 13.8. The highest BCUT2D eigenvalue weighted by Crippen LogP contribution is 2.26. The van der Waals surface area contributed by atoms with Crippen molar-refractivity contribution in [2.75, 3.05) is 6.54 Å². The molecule has 5 nitrogen and oxygen atoms in total. The smallest absolute Gasteiger partial charge is 0.159 e. The van der Waals surface area contributed by atoms with Crippen LogP contribution in [0.4, 0.5) is 0 Å². The van der Waals surface area contributed by atoms with Gasteiger partial charge in [0.1, 0.15) is 0 Å². The van der Waals surface area contributed by atoms with Crippen LogP contribution in [0, 0.1) is 0 Å². The van der Waals surface area contributed by atoms with Crippen LogP contribution in [0.1, 0.15) is 16.8 Å². The van der Waals surface area contributed by atoms with Gasteiger partial charge in [0.2, 0.25) is 0 Å². The molecule has 0 fully saturated rings. The van der Waals surface area contributed by atoms with Gasteiger partial charge in [0, 0.05) is 72.6 Å². The van der Waals surface area contributed by atoms with E-state index in [0.717, 1.165) is 59.4 Å². The molecular formula is C24H20ClN5. The molecular weight excluding hydrogens is 394 g/mol. The number of benzene rings is 1. The van der Waals surface area contributed by atoms with Crippen molar-refractivity contribution >= 4 is 11.6 Å².